The molecule has 0 aliphatic carbocycles. The highest BCUT2D eigenvalue weighted by Gasteiger charge is 2.54. The molecule has 0 saturated carbocycles. The standard InChI is InChI=1S/C31H42N12O25P4/c1-40-10-43(25-16(40)26(49)39-30(33)38-25)28-20(48)18(46)12(64-28)6-61-70(53,54)67-72(57,58)68-71(55,56)62-7-13-21(22(59-2)29(65-13)42-9-36-15-23(32)34-8-35-24(15)42)66-69(51,52)60-5-11-17(45)19(47)27(63-11)41-4-3-14(44)37-31(41)50/h3-4,8-13,17-22,27-29,45-48H,5-7H2,1-2H3,(H9-,32,33,34,35,37,38,39,44,49,50,51,52,53,54,55,56,57,58)/p+1/t11-,12-,13-,17-,18-,19-,20-,21-,22-,27+,28-,29-/m1/s1. The van der Waals surface area contributed by atoms with Crippen molar-refractivity contribution < 1.29 is 108 Å². The molecule has 72 heavy (non-hydrogen) atoms. The first-order valence-electron chi connectivity index (χ1n) is 20.3. The average Bonchev–Trinajstić information content (AvgIpc) is 4.07. The van der Waals surface area contributed by atoms with Crippen LogP contribution in [0.1, 0.15) is 18.7 Å². The highest BCUT2D eigenvalue weighted by molar-refractivity contribution is 7.66. The first-order chi connectivity index (χ1) is 33.7. The molecule has 16 atom stereocenters. The van der Waals surface area contributed by atoms with E-state index in [1.807, 2.05) is 4.98 Å². The lowest BCUT2D eigenvalue weighted by molar-refractivity contribution is -0.745. The SMILES string of the molecule is CO[C@@H]1[C@H](OP(=O)(O)OC[C@H]2O[C@H](n3ccc(=O)[nH]c3=O)[C@H](O)[C@@H]2O)[C@@H](COP(=O)(O)OP(=O)(O)OP(=O)(O)OC[C@H]2O[C@@H]([n+]3cn(C)c4c(=O)[nH]c(N)nc43)[C@H](O)[C@@H]2O)O[C@H]1n1cnc2c(N)ncnc21. The number of ether oxygens (including phenoxy) is 4. The van der Waals surface area contributed by atoms with E-state index < -0.39 is 142 Å². The second-order valence-electron chi connectivity index (χ2n) is 15.7. The predicted molar refractivity (Wildman–Crippen MR) is 228 cm³/mol. The fraction of sp³-hybridized carbons (Fsp3) is 0.548. The van der Waals surface area contributed by atoms with Gasteiger partial charge in [-0.25, -0.2) is 42.6 Å². The van der Waals surface area contributed by atoms with Crippen LogP contribution in [-0.4, -0.2) is 165 Å². The maximum atomic E-state index is 13.5. The Morgan fingerprint density at radius 3 is 2.01 bits per heavy atom. The normalized spacial score (nSPS) is 31.1. The minimum Gasteiger partial charge on any atom is -0.387 e. The van der Waals surface area contributed by atoms with E-state index in [0.29, 0.717) is 0 Å². The number of aromatic nitrogens is 10. The number of nitrogens with two attached hydrogens (primary N) is 2. The maximum absolute atomic E-state index is 13.5. The van der Waals surface area contributed by atoms with Crippen LogP contribution >= 0.6 is 31.3 Å². The van der Waals surface area contributed by atoms with Gasteiger partial charge in [0.05, 0.1) is 33.2 Å². The number of phosphoric ester groups is 3. The van der Waals surface area contributed by atoms with Crippen molar-refractivity contribution in [3.05, 3.63) is 62.4 Å². The smallest absolute Gasteiger partial charge is 0.387 e. The van der Waals surface area contributed by atoms with Crippen LogP contribution in [0.2, 0.25) is 0 Å². The van der Waals surface area contributed by atoms with Gasteiger partial charge in [-0.15, -0.1) is 0 Å². The number of phosphoric acid groups is 4. The largest absolute Gasteiger partial charge is 0.490 e. The summed E-state index contributed by atoms with van der Waals surface area (Å²) in [7, 11) is -20.9. The zero-order valence-electron chi connectivity index (χ0n) is 36.5. The topological polar surface area (TPSA) is 527 Å². The number of imidazole rings is 2. The van der Waals surface area contributed by atoms with Gasteiger partial charge in [0.25, 0.3) is 17.1 Å². The fourth-order valence-corrected chi connectivity index (χ4v) is 12.3. The molecule has 0 bridgehead atoms. The number of H-pyrrole nitrogens is 2. The molecular weight excluding hydrogens is 1060 g/mol. The lowest BCUT2D eigenvalue weighted by atomic mass is 10.1. The molecule has 8 rings (SSSR count). The molecule has 3 aliphatic rings. The monoisotopic (exact) mass is 1110 g/mol. The molecule has 4 unspecified atom stereocenters. The molecule has 3 aliphatic heterocycles. The van der Waals surface area contributed by atoms with Gasteiger partial charge in [-0.3, -0.25) is 51.4 Å². The summed E-state index contributed by atoms with van der Waals surface area (Å²) in [5, 5.41) is 42.6. The fourth-order valence-electron chi connectivity index (χ4n) is 7.79. The summed E-state index contributed by atoms with van der Waals surface area (Å²) in [6.45, 7) is -3.44. The summed E-state index contributed by atoms with van der Waals surface area (Å²) in [5.41, 5.74) is 8.98. The van der Waals surface area contributed by atoms with Crippen molar-refractivity contribution in [1.82, 2.24) is 43.6 Å². The Bertz CT molecular complexity index is 3230. The molecule has 5 aromatic heterocycles. The van der Waals surface area contributed by atoms with Gasteiger partial charge in [0.2, 0.25) is 11.7 Å². The van der Waals surface area contributed by atoms with Crippen molar-refractivity contribution in [2.75, 3.05) is 38.4 Å². The highest BCUT2D eigenvalue weighted by Crippen LogP contribution is 2.68. The molecule has 5 aromatic rings. The molecule has 3 fully saturated rings. The third-order valence-corrected chi connectivity index (χ3v) is 16.2. The number of aliphatic hydroxyl groups is 4. The molecule has 0 radical (unpaired) electrons. The van der Waals surface area contributed by atoms with Gasteiger partial charge < -0.3 is 70.4 Å². The number of hydrogen-bond acceptors (Lipinski definition) is 27. The van der Waals surface area contributed by atoms with Crippen LogP contribution in [0, 0.1) is 0 Å². The zero-order valence-corrected chi connectivity index (χ0v) is 40.1. The van der Waals surface area contributed by atoms with Crippen LogP contribution in [0.4, 0.5) is 11.8 Å². The molecule has 396 valence electrons. The second kappa shape index (κ2) is 20.2. The van der Waals surface area contributed by atoms with Crippen LogP contribution in [0.5, 0.6) is 0 Å². The molecule has 37 nitrogen and oxygen atoms in total. The lowest BCUT2D eigenvalue weighted by Crippen LogP contribution is -2.46. The Morgan fingerprint density at radius 1 is 0.750 bits per heavy atom. The van der Waals surface area contributed by atoms with Gasteiger partial charge in [-0.1, -0.05) is 4.98 Å². The molecule has 0 amide bonds. The number of nitrogen functional groups attached to an aromatic ring is 2. The first kappa shape index (κ1) is 53.7. The summed E-state index contributed by atoms with van der Waals surface area (Å²) < 4.78 is 108. The Kier molecular flexibility index (Phi) is 15.1. The van der Waals surface area contributed by atoms with Gasteiger partial charge in [0.15, 0.2) is 30.2 Å². The van der Waals surface area contributed by atoms with E-state index in [-0.39, 0.29) is 34.1 Å². The van der Waals surface area contributed by atoms with Crippen molar-refractivity contribution >= 4 is 65.4 Å². The average molecular weight is 1110 g/mol. The number of aryl methyl sites for hydroxylation is 1. The van der Waals surface area contributed by atoms with E-state index in [2.05, 4.69) is 38.1 Å². The summed E-state index contributed by atoms with van der Waals surface area (Å²) in [4.78, 5) is 98.6. The van der Waals surface area contributed by atoms with Crippen molar-refractivity contribution in [2.24, 2.45) is 7.05 Å². The third kappa shape index (κ3) is 11.1. The highest BCUT2D eigenvalue weighted by atomic mass is 31.3. The Morgan fingerprint density at radius 2 is 1.36 bits per heavy atom. The number of nitrogens with zero attached hydrogens (tertiary/aromatic N) is 8. The summed E-state index contributed by atoms with van der Waals surface area (Å²) in [6.07, 6.45) is -16.2. The zero-order chi connectivity index (χ0) is 52.4. The van der Waals surface area contributed by atoms with Crippen molar-refractivity contribution in [1.29, 1.82) is 0 Å². The molecular formula is C31H43N12O25P4+. The van der Waals surface area contributed by atoms with Gasteiger partial charge in [0.1, 0.15) is 66.8 Å². The van der Waals surface area contributed by atoms with Crippen LogP contribution in [0.3, 0.4) is 0 Å². The van der Waals surface area contributed by atoms with Crippen molar-refractivity contribution in [2.45, 2.75) is 73.6 Å². The summed E-state index contributed by atoms with van der Waals surface area (Å²) >= 11 is 0. The molecule has 8 heterocycles. The molecule has 14 N–H and O–H groups in total. The number of anilines is 2. The minimum absolute atomic E-state index is 0.0000232. The van der Waals surface area contributed by atoms with Crippen molar-refractivity contribution in [3.8, 4) is 0 Å². The van der Waals surface area contributed by atoms with E-state index in [1.165, 1.54) is 22.5 Å². The van der Waals surface area contributed by atoms with Gasteiger partial charge in [-0.05, 0) is 0 Å². The first-order valence-corrected chi connectivity index (χ1v) is 26.2. The third-order valence-electron chi connectivity index (χ3n) is 11.0. The summed E-state index contributed by atoms with van der Waals surface area (Å²) in [6, 6.07) is 0.920. The second-order valence-corrected chi connectivity index (χ2v) is 21.8. The van der Waals surface area contributed by atoms with Gasteiger partial charge in [0, 0.05) is 19.4 Å². The van der Waals surface area contributed by atoms with Gasteiger partial charge >= 0.3 is 42.6 Å². The van der Waals surface area contributed by atoms with Crippen LogP contribution in [-0.2, 0) is 71.0 Å². The molecule has 0 aromatic carbocycles. The molecule has 3 saturated heterocycles. The van der Waals surface area contributed by atoms with E-state index in [9.17, 15) is 72.6 Å². The molecule has 0 spiro atoms. The Balaban J connectivity index is 0.930. The number of rotatable bonds is 19. The number of fused-ring (bicyclic) bond motifs is 2. The molecule has 41 heteroatoms. The number of aromatic amines is 2. The van der Waals surface area contributed by atoms with E-state index >= 15 is 0 Å². The lowest BCUT2D eigenvalue weighted by Gasteiger charge is -2.26. The minimum atomic E-state index is -6.20. The quantitative estimate of drug-likeness (QED) is 0.0272. The summed E-state index contributed by atoms with van der Waals surface area (Å²) in [5.74, 6) is -0.406. The Hall–Kier alpha value is -4.62. The predicted octanol–water partition coefficient (Wildman–Crippen LogP) is -4.88. The van der Waals surface area contributed by atoms with Crippen molar-refractivity contribution in [3.63, 3.8) is 0 Å². The van der Waals surface area contributed by atoms with Crippen LogP contribution < -0.4 is 32.8 Å². The van der Waals surface area contributed by atoms with Crippen LogP contribution in [0.25, 0.3) is 22.3 Å². The Labute approximate surface area is 398 Å². The number of methoxy groups -OCH3 is 1. The maximum Gasteiger partial charge on any atom is 0.490 e. The number of nitrogens with one attached hydrogen (secondary N) is 2. The van der Waals surface area contributed by atoms with Gasteiger partial charge in [-0.2, -0.15) is 8.62 Å². The number of hydrogen-bond donors (Lipinski definition) is 12. The van der Waals surface area contributed by atoms with E-state index in [0.717, 1.165) is 41.2 Å². The number of aliphatic hydroxyl groups excluding tert-OH is 4. The van der Waals surface area contributed by atoms with E-state index in [4.69, 9.17) is 44.0 Å². The van der Waals surface area contributed by atoms with E-state index in [1.54, 1.807) is 0 Å². The van der Waals surface area contributed by atoms with Crippen LogP contribution in [0.15, 0.2) is 45.6 Å².